The maximum absolute atomic E-state index is 12.6. The van der Waals surface area contributed by atoms with Crippen LogP contribution in [-0.4, -0.2) is 62.7 Å². The van der Waals surface area contributed by atoms with E-state index in [1.807, 2.05) is 18.4 Å². The molecule has 2 aromatic rings. The standard InChI is InChI=1S/C18H26N6O3/c1-13(2)24-12-19-21-16(24)11-22(3)18(26)20-14-6-4-8-23(10-14)17(25)15-7-5-9-27-15/h5,7,9,12-14H,4,6,8,10-11H2,1-3H3,(H,20,26). The number of rotatable bonds is 5. The molecule has 3 amide bonds. The van der Waals surface area contributed by atoms with E-state index in [4.69, 9.17) is 4.42 Å². The van der Waals surface area contributed by atoms with E-state index in [-0.39, 0.29) is 24.0 Å². The molecule has 3 heterocycles. The van der Waals surface area contributed by atoms with Crippen LogP contribution in [0, 0.1) is 0 Å². The number of urea groups is 1. The Labute approximate surface area is 158 Å². The van der Waals surface area contributed by atoms with Crippen LogP contribution in [0.3, 0.4) is 0 Å². The Morgan fingerprint density at radius 3 is 2.96 bits per heavy atom. The van der Waals surface area contributed by atoms with E-state index in [2.05, 4.69) is 15.5 Å². The van der Waals surface area contributed by atoms with Crippen molar-refractivity contribution in [2.75, 3.05) is 20.1 Å². The minimum absolute atomic E-state index is 0.0874. The van der Waals surface area contributed by atoms with Crippen LogP contribution in [0.25, 0.3) is 0 Å². The number of piperidine rings is 1. The maximum Gasteiger partial charge on any atom is 0.317 e. The predicted molar refractivity (Wildman–Crippen MR) is 98.0 cm³/mol. The number of nitrogens with one attached hydrogen (secondary N) is 1. The van der Waals surface area contributed by atoms with E-state index >= 15 is 0 Å². The number of hydrogen-bond donors (Lipinski definition) is 1. The Morgan fingerprint density at radius 1 is 1.44 bits per heavy atom. The Kier molecular flexibility index (Phi) is 5.78. The zero-order chi connectivity index (χ0) is 19.4. The van der Waals surface area contributed by atoms with Crippen molar-refractivity contribution in [3.05, 3.63) is 36.3 Å². The maximum atomic E-state index is 12.6. The second-order valence-electron chi connectivity index (χ2n) is 7.12. The normalized spacial score (nSPS) is 17.2. The highest BCUT2D eigenvalue weighted by Gasteiger charge is 2.27. The van der Waals surface area contributed by atoms with Crippen molar-refractivity contribution in [2.24, 2.45) is 0 Å². The summed E-state index contributed by atoms with van der Waals surface area (Å²) in [5, 5.41) is 11.0. The van der Waals surface area contributed by atoms with Gasteiger partial charge in [0.15, 0.2) is 11.6 Å². The van der Waals surface area contributed by atoms with E-state index < -0.39 is 0 Å². The quantitative estimate of drug-likeness (QED) is 0.862. The highest BCUT2D eigenvalue weighted by molar-refractivity contribution is 5.91. The summed E-state index contributed by atoms with van der Waals surface area (Å²) < 4.78 is 7.13. The highest BCUT2D eigenvalue weighted by atomic mass is 16.3. The van der Waals surface area contributed by atoms with Gasteiger partial charge in [0.2, 0.25) is 0 Å². The summed E-state index contributed by atoms with van der Waals surface area (Å²) in [5.74, 6) is 0.922. The van der Waals surface area contributed by atoms with E-state index in [1.165, 1.54) is 6.26 Å². The van der Waals surface area contributed by atoms with Gasteiger partial charge in [0.05, 0.1) is 12.8 Å². The molecule has 9 heteroatoms. The molecule has 0 bridgehead atoms. The minimum Gasteiger partial charge on any atom is -0.459 e. The van der Waals surface area contributed by atoms with Gasteiger partial charge in [0.25, 0.3) is 5.91 Å². The fourth-order valence-corrected chi connectivity index (χ4v) is 3.22. The smallest absolute Gasteiger partial charge is 0.317 e. The van der Waals surface area contributed by atoms with Crippen LogP contribution in [-0.2, 0) is 6.54 Å². The lowest BCUT2D eigenvalue weighted by atomic mass is 10.1. The third-order valence-corrected chi connectivity index (χ3v) is 4.70. The first kappa shape index (κ1) is 18.9. The van der Waals surface area contributed by atoms with Crippen molar-refractivity contribution in [1.29, 1.82) is 0 Å². The highest BCUT2D eigenvalue weighted by Crippen LogP contribution is 2.15. The first-order chi connectivity index (χ1) is 13.0. The van der Waals surface area contributed by atoms with Gasteiger partial charge in [-0.15, -0.1) is 10.2 Å². The van der Waals surface area contributed by atoms with Gasteiger partial charge in [-0.2, -0.15) is 0 Å². The van der Waals surface area contributed by atoms with Crippen LogP contribution in [0.4, 0.5) is 4.79 Å². The van der Waals surface area contributed by atoms with Crippen molar-refractivity contribution >= 4 is 11.9 Å². The first-order valence-corrected chi connectivity index (χ1v) is 9.18. The predicted octanol–water partition coefficient (Wildman–Crippen LogP) is 1.90. The van der Waals surface area contributed by atoms with Crippen LogP contribution in [0.5, 0.6) is 0 Å². The molecule has 0 saturated carbocycles. The zero-order valence-electron chi connectivity index (χ0n) is 16.0. The lowest BCUT2D eigenvalue weighted by Crippen LogP contribution is -2.52. The van der Waals surface area contributed by atoms with Gasteiger partial charge >= 0.3 is 6.03 Å². The molecule has 1 saturated heterocycles. The molecule has 9 nitrogen and oxygen atoms in total. The zero-order valence-corrected chi connectivity index (χ0v) is 16.0. The molecule has 27 heavy (non-hydrogen) atoms. The van der Waals surface area contributed by atoms with E-state index in [1.54, 1.807) is 35.3 Å². The third-order valence-electron chi connectivity index (χ3n) is 4.70. The van der Waals surface area contributed by atoms with Crippen molar-refractivity contribution < 1.29 is 14.0 Å². The summed E-state index contributed by atoms with van der Waals surface area (Å²) in [4.78, 5) is 28.3. The van der Waals surface area contributed by atoms with Crippen LogP contribution < -0.4 is 5.32 Å². The SMILES string of the molecule is CC(C)n1cnnc1CN(C)C(=O)NC1CCCN(C(=O)c2ccco2)C1. The molecule has 1 fully saturated rings. The number of amides is 3. The van der Waals surface area contributed by atoms with Gasteiger partial charge in [0, 0.05) is 32.2 Å². The number of furan rings is 1. The fourth-order valence-electron chi connectivity index (χ4n) is 3.22. The number of carbonyl (C=O) groups is 2. The lowest BCUT2D eigenvalue weighted by molar-refractivity contribution is 0.0663. The summed E-state index contributed by atoms with van der Waals surface area (Å²) in [6, 6.07) is 3.30. The molecule has 2 aromatic heterocycles. The molecular formula is C18H26N6O3. The van der Waals surface area contributed by atoms with Crippen LogP contribution in [0.2, 0.25) is 0 Å². The first-order valence-electron chi connectivity index (χ1n) is 9.18. The summed E-state index contributed by atoms with van der Waals surface area (Å²) in [6.07, 6.45) is 4.83. The average molecular weight is 374 g/mol. The van der Waals surface area contributed by atoms with Crippen molar-refractivity contribution in [2.45, 2.75) is 45.3 Å². The monoisotopic (exact) mass is 374 g/mol. The number of nitrogens with zero attached hydrogens (tertiary/aromatic N) is 5. The summed E-state index contributed by atoms with van der Waals surface area (Å²) >= 11 is 0. The Bertz CT molecular complexity index is 770. The third kappa shape index (κ3) is 4.47. The molecule has 146 valence electrons. The molecular weight excluding hydrogens is 348 g/mol. The Hall–Kier alpha value is -2.84. The van der Waals surface area contributed by atoms with E-state index in [0.717, 1.165) is 18.7 Å². The minimum atomic E-state index is -0.189. The van der Waals surface area contributed by atoms with Gasteiger partial charge in [0.1, 0.15) is 6.33 Å². The van der Waals surface area contributed by atoms with Gasteiger partial charge in [-0.3, -0.25) is 4.79 Å². The second kappa shape index (κ2) is 8.24. The molecule has 1 aliphatic heterocycles. The molecule has 0 aromatic carbocycles. The van der Waals surface area contributed by atoms with Crippen LogP contribution >= 0.6 is 0 Å². The molecule has 0 aliphatic carbocycles. The fraction of sp³-hybridized carbons (Fsp3) is 0.556. The van der Waals surface area contributed by atoms with Crippen molar-refractivity contribution in [3.63, 3.8) is 0 Å². The number of carbonyl (C=O) groups excluding carboxylic acids is 2. The molecule has 1 unspecified atom stereocenters. The van der Waals surface area contributed by atoms with Crippen molar-refractivity contribution in [3.8, 4) is 0 Å². The number of likely N-dealkylation sites (tertiary alicyclic amines) is 1. The van der Waals surface area contributed by atoms with Gasteiger partial charge in [-0.25, -0.2) is 4.79 Å². The van der Waals surface area contributed by atoms with Crippen LogP contribution in [0.15, 0.2) is 29.1 Å². The Balaban J connectivity index is 1.55. The van der Waals surface area contributed by atoms with Gasteiger partial charge in [-0.05, 0) is 38.8 Å². The molecule has 3 rings (SSSR count). The number of hydrogen-bond acceptors (Lipinski definition) is 5. The van der Waals surface area contributed by atoms with Crippen molar-refractivity contribution in [1.82, 2.24) is 29.9 Å². The topological polar surface area (TPSA) is 96.5 Å². The van der Waals surface area contributed by atoms with E-state index in [9.17, 15) is 9.59 Å². The second-order valence-corrected chi connectivity index (χ2v) is 7.12. The molecule has 0 radical (unpaired) electrons. The molecule has 0 spiro atoms. The summed E-state index contributed by atoms with van der Waals surface area (Å²) in [7, 11) is 1.73. The number of aromatic nitrogens is 3. The van der Waals surface area contributed by atoms with Crippen LogP contribution in [0.1, 0.15) is 49.1 Å². The summed E-state index contributed by atoms with van der Waals surface area (Å²) in [6.45, 7) is 5.59. The van der Waals surface area contributed by atoms with E-state index in [0.29, 0.717) is 25.4 Å². The molecule has 1 aliphatic rings. The molecule has 1 N–H and O–H groups in total. The largest absolute Gasteiger partial charge is 0.459 e. The summed E-state index contributed by atoms with van der Waals surface area (Å²) in [5.41, 5.74) is 0. The molecule has 1 atom stereocenters. The Morgan fingerprint density at radius 2 is 2.26 bits per heavy atom. The van der Waals surface area contributed by atoms with Gasteiger partial charge in [-0.1, -0.05) is 0 Å². The van der Waals surface area contributed by atoms with Gasteiger partial charge < -0.3 is 24.1 Å². The average Bonchev–Trinajstić information content (AvgIpc) is 3.33. The lowest BCUT2D eigenvalue weighted by Gasteiger charge is -2.33.